The smallest absolute Gasteiger partial charge is 0.123 e. The molecule has 19 heavy (non-hydrogen) atoms. The highest BCUT2D eigenvalue weighted by molar-refractivity contribution is 5.78. The van der Waals surface area contributed by atoms with E-state index in [2.05, 4.69) is 61.5 Å². The third kappa shape index (κ3) is 2.36. The summed E-state index contributed by atoms with van der Waals surface area (Å²) >= 11 is 0. The van der Waals surface area contributed by atoms with E-state index in [1.54, 1.807) is 0 Å². The fourth-order valence-corrected chi connectivity index (χ4v) is 2.60. The fraction of sp³-hybridized carbons (Fsp3) is 0.294. The Morgan fingerprint density at radius 1 is 1.00 bits per heavy atom. The van der Waals surface area contributed by atoms with Gasteiger partial charge in [-0.15, -0.1) is 0 Å². The van der Waals surface area contributed by atoms with Crippen LogP contribution >= 0.6 is 0 Å². The van der Waals surface area contributed by atoms with Crippen LogP contribution in [0, 0.1) is 0 Å². The Hall–Kier alpha value is -1.80. The molecule has 0 N–H and O–H groups in total. The van der Waals surface area contributed by atoms with E-state index in [0.29, 0.717) is 0 Å². The Kier molecular flexibility index (Phi) is 3.26. The largest absolute Gasteiger partial charge is 0.492 e. The summed E-state index contributed by atoms with van der Waals surface area (Å²) in [5.74, 6) is 1.04. The molecule has 2 aromatic rings. The third-order valence-electron chi connectivity index (χ3n) is 3.60. The van der Waals surface area contributed by atoms with Gasteiger partial charge in [-0.3, -0.25) is 0 Å². The van der Waals surface area contributed by atoms with E-state index in [1.807, 2.05) is 0 Å². The molecule has 0 saturated carbocycles. The van der Waals surface area contributed by atoms with Crippen LogP contribution in [-0.4, -0.2) is 32.1 Å². The molecule has 0 fully saturated rings. The van der Waals surface area contributed by atoms with Gasteiger partial charge in [0.25, 0.3) is 0 Å². The zero-order valence-corrected chi connectivity index (χ0v) is 11.5. The standard InChI is InChI=1S/C17H19NO/c1-18(2)10-11-19-17-9-5-8-15-14-7-4-3-6-13(14)12-16(15)17/h3-9H,10-12H2,1-2H3. The van der Waals surface area contributed by atoms with Crippen molar-refractivity contribution in [2.45, 2.75) is 6.42 Å². The first-order valence-corrected chi connectivity index (χ1v) is 6.73. The number of rotatable bonds is 4. The first kappa shape index (κ1) is 12.2. The summed E-state index contributed by atoms with van der Waals surface area (Å²) < 4.78 is 5.95. The van der Waals surface area contributed by atoms with Crippen LogP contribution in [0.3, 0.4) is 0 Å². The number of likely N-dealkylation sites (N-methyl/N-ethyl adjacent to an activating group) is 1. The van der Waals surface area contributed by atoms with Gasteiger partial charge in [0.1, 0.15) is 12.4 Å². The zero-order valence-electron chi connectivity index (χ0n) is 11.5. The topological polar surface area (TPSA) is 12.5 Å². The molecule has 0 bridgehead atoms. The quantitative estimate of drug-likeness (QED) is 0.708. The van der Waals surface area contributed by atoms with Gasteiger partial charge >= 0.3 is 0 Å². The molecule has 0 radical (unpaired) electrons. The first-order chi connectivity index (χ1) is 9.25. The van der Waals surface area contributed by atoms with Crippen molar-refractivity contribution in [3.05, 3.63) is 53.6 Å². The number of nitrogens with zero attached hydrogens (tertiary/aromatic N) is 1. The molecule has 2 aromatic carbocycles. The maximum absolute atomic E-state index is 5.95. The molecule has 98 valence electrons. The summed E-state index contributed by atoms with van der Waals surface area (Å²) in [6.45, 7) is 1.68. The lowest BCUT2D eigenvalue weighted by Crippen LogP contribution is -2.19. The van der Waals surface area contributed by atoms with Gasteiger partial charge < -0.3 is 9.64 Å². The van der Waals surface area contributed by atoms with Crippen molar-refractivity contribution in [1.29, 1.82) is 0 Å². The van der Waals surface area contributed by atoms with Crippen molar-refractivity contribution in [2.75, 3.05) is 27.2 Å². The van der Waals surface area contributed by atoms with Crippen LogP contribution in [0.25, 0.3) is 11.1 Å². The summed E-state index contributed by atoms with van der Waals surface area (Å²) in [6.07, 6.45) is 0.990. The van der Waals surface area contributed by atoms with Crippen LogP contribution in [0.2, 0.25) is 0 Å². The number of ether oxygens (including phenoxy) is 1. The Balaban J connectivity index is 1.86. The van der Waals surface area contributed by atoms with E-state index in [1.165, 1.54) is 22.3 Å². The van der Waals surface area contributed by atoms with Gasteiger partial charge in [-0.2, -0.15) is 0 Å². The van der Waals surface area contributed by atoms with E-state index in [9.17, 15) is 0 Å². The molecule has 0 saturated heterocycles. The minimum atomic E-state index is 0.736. The van der Waals surface area contributed by atoms with Gasteiger partial charge in [-0.1, -0.05) is 36.4 Å². The number of benzene rings is 2. The van der Waals surface area contributed by atoms with E-state index in [0.717, 1.165) is 25.3 Å². The summed E-state index contributed by atoms with van der Waals surface area (Å²) in [7, 11) is 4.13. The third-order valence-corrected chi connectivity index (χ3v) is 3.60. The van der Waals surface area contributed by atoms with E-state index in [-0.39, 0.29) is 0 Å². The van der Waals surface area contributed by atoms with Crippen LogP contribution in [0.1, 0.15) is 11.1 Å². The zero-order chi connectivity index (χ0) is 13.2. The van der Waals surface area contributed by atoms with E-state index >= 15 is 0 Å². The maximum Gasteiger partial charge on any atom is 0.123 e. The predicted molar refractivity (Wildman–Crippen MR) is 78.7 cm³/mol. The fourth-order valence-electron chi connectivity index (χ4n) is 2.60. The molecule has 0 spiro atoms. The molecular weight excluding hydrogens is 234 g/mol. The molecule has 0 heterocycles. The van der Waals surface area contributed by atoms with Gasteiger partial charge in [0.2, 0.25) is 0 Å². The molecule has 0 aliphatic heterocycles. The lowest BCUT2D eigenvalue weighted by molar-refractivity contribution is 0.260. The lowest BCUT2D eigenvalue weighted by atomic mass is 10.1. The van der Waals surface area contributed by atoms with E-state index in [4.69, 9.17) is 4.74 Å². The minimum Gasteiger partial charge on any atom is -0.492 e. The van der Waals surface area contributed by atoms with Crippen LogP contribution in [0.5, 0.6) is 5.75 Å². The molecule has 1 aliphatic rings. The second-order valence-corrected chi connectivity index (χ2v) is 5.27. The Bertz CT molecular complexity index is 590. The summed E-state index contributed by atoms with van der Waals surface area (Å²) in [5.41, 5.74) is 5.43. The molecule has 0 unspecified atom stereocenters. The lowest BCUT2D eigenvalue weighted by Gasteiger charge is -2.13. The van der Waals surface area contributed by atoms with Crippen molar-refractivity contribution in [3.8, 4) is 16.9 Å². The van der Waals surface area contributed by atoms with Crippen LogP contribution < -0.4 is 4.74 Å². The Labute approximate surface area is 114 Å². The van der Waals surface area contributed by atoms with Crippen molar-refractivity contribution in [2.24, 2.45) is 0 Å². The summed E-state index contributed by atoms with van der Waals surface area (Å²) in [4.78, 5) is 2.14. The number of hydrogen-bond donors (Lipinski definition) is 0. The molecule has 0 atom stereocenters. The average molecular weight is 253 g/mol. The molecule has 0 aromatic heterocycles. The average Bonchev–Trinajstić information content (AvgIpc) is 2.78. The molecule has 2 nitrogen and oxygen atoms in total. The van der Waals surface area contributed by atoms with Gasteiger partial charge in [0.15, 0.2) is 0 Å². The SMILES string of the molecule is CN(C)CCOc1cccc2c1Cc1ccccc1-2. The number of hydrogen-bond acceptors (Lipinski definition) is 2. The molecule has 3 rings (SSSR count). The minimum absolute atomic E-state index is 0.736. The van der Waals surface area contributed by atoms with Crippen molar-refractivity contribution < 1.29 is 4.74 Å². The first-order valence-electron chi connectivity index (χ1n) is 6.73. The highest BCUT2D eigenvalue weighted by Crippen LogP contribution is 2.40. The van der Waals surface area contributed by atoms with E-state index < -0.39 is 0 Å². The van der Waals surface area contributed by atoms with Crippen LogP contribution in [0.15, 0.2) is 42.5 Å². The van der Waals surface area contributed by atoms with Crippen molar-refractivity contribution in [3.63, 3.8) is 0 Å². The van der Waals surface area contributed by atoms with Crippen molar-refractivity contribution >= 4 is 0 Å². The van der Waals surface area contributed by atoms with Gasteiger partial charge in [-0.05, 0) is 36.9 Å². The molecule has 2 heteroatoms. The maximum atomic E-state index is 5.95. The van der Waals surface area contributed by atoms with Crippen molar-refractivity contribution in [1.82, 2.24) is 4.90 Å². The Morgan fingerprint density at radius 3 is 2.63 bits per heavy atom. The second-order valence-electron chi connectivity index (χ2n) is 5.27. The van der Waals surface area contributed by atoms with Crippen LogP contribution in [0.4, 0.5) is 0 Å². The second kappa shape index (κ2) is 5.06. The number of fused-ring (bicyclic) bond motifs is 3. The molecule has 0 amide bonds. The highest BCUT2D eigenvalue weighted by Gasteiger charge is 2.20. The van der Waals surface area contributed by atoms with Gasteiger partial charge in [0, 0.05) is 18.5 Å². The summed E-state index contributed by atoms with van der Waals surface area (Å²) in [5, 5.41) is 0. The Morgan fingerprint density at radius 2 is 1.79 bits per heavy atom. The summed E-state index contributed by atoms with van der Waals surface area (Å²) in [6, 6.07) is 15.0. The molecule has 1 aliphatic carbocycles. The molecular formula is C17H19NO. The predicted octanol–water partition coefficient (Wildman–Crippen LogP) is 3.20. The van der Waals surface area contributed by atoms with Crippen LogP contribution in [-0.2, 0) is 6.42 Å². The monoisotopic (exact) mass is 253 g/mol. The van der Waals surface area contributed by atoms with Gasteiger partial charge in [-0.25, -0.2) is 0 Å². The van der Waals surface area contributed by atoms with Gasteiger partial charge in [0.05, 0.1) is 0 Å². The highest BCUT2D eigenvalue weighted by atomic mass is 16.5. The normalized spacial score (nSPS) is 12.4.